The molecule has 2 aromatic heterocycles. The lowest BCUT2D eigenvalue weighted by atomic mass is 10.2. The molecule has 0 saturated carbocycles. The Labute approximate surface area is 180 Å². The van der Waals surface area contributed by atoms with Crippen LogP contribution < -0.4 is 10.9 Å². The Kier molecular flexibility index (Phi) is 6.23. The molecule has 0 saturated heterocycles. The van der Waals surface area contributed by atoms with Crippen LogP contribution in [0.2, 0.25) is 5.28 Å². The van der Waals surface area contributed by atoms with Crippen molar-refractivity contribution >= 4 is 38.4 Å². The zero-order valence-electron chi connectivity index (χ0n) is 16.3. The van der Waals surface area contributed by atoms with Gasteiger partial charge >= 0.3 is 6.18 Å². The van der Waals surface area contributed by atoms with Crippen molar-refractivity contribution < 1.29 is 21.6 Å². The Balaban J connectivity index is 1.99. The van der Waals surface area contributed by atoms with E-state index in [9.17, 15) is 26.4 Å². The number of anilines is 1. The number of sulfone groups is 1. The third-order valence-electron chi connectivity index (χ3n) is 4.59. The summed E-state index contributed by atoms with van der Waals surface area (Å²) in [6, 6.07) is 3.73. The third-order valence-corrected chi connectivity index (χ3v) is 6.52. The summed E-state index contributed by atoms with van der Waals surface area (Å²) in [5, 5.41) is 2.39. The van der Waals surface area contributed by atoms with Crippen LogP contribution in [0.3, 0.4) is 0 Å². The predicted molar refractivity (Wildman–Crippen MR) is 109 cm³/mol. The van der Waals surface area contributed by atoms with Gasteiger partial charge in [0.25, 0.3) is 5.56 Å². The molecule has 0 spiro atoms. The molecule has 0 amide bonds. The molecule has 0 aliphatic rings. The SMILES string of the molecule is CCS(=O)(=O)c1ccc(CNc2nc3cnc(Cl)nc3n([C@@H](C)C(F)(F)F)c2=O)cc1. The van der Waals surface area contributed by atoms with Crippen LogP contribution in [-0.4, -0.2) is 39.9 Å². The van der Waals surface area contributed by atoms with Gasteiger partial charge in [-0.15, -0.1) is 0 Å². The number of aromatic nitrogens is 4. The summed E-state index contributed by atoms with van der Waals surface area (Å²) in [7, 11) is -3.36. The van der Waals surface area contributed by atoms with Gasteiger partial charge in [-0.1, -0.05) is 19.1 Å². The van der Waals surface area contributed by atoms with E-state index in [0.717, 1.165) is 13.1 Å². The zero-order chi connectivity index (χ0) is 23.0. The minimum atomic E-state index is -4.71. The summed E-state index contributed by atoms with van der Waals surface area (Å²) < 4.78 is 64.3. The van der Waals surface area contributed by atoms with Crippen molar-refractivity contribution in [2.75, 3.05) is 11.1 Å². The second-order valence-electron chi connectivity index (χ2n) is 6.60. The maximum atomic E-state index is 13.4. The fraction of sp³-hybridized carbons (Fsp3) is 0.333. The molecular formula is C18H17ClF3N5O3S. The van der Waals surface area contributed by atoms with Crippen LogP contribution >= 0.6 is 11.6 Å². The minimum absolute atomic E-state index is 0.0229. The van der Waals surface area contributed by atoms with Gasteiger partial charge < -0.3 is 5.32 Å². The highest BCUT2D eigenvalue weighted by Gasteiger charge is 2.39. The summed E-state index contributed by atoms with van der Waals surface area (Å²) >= 11 is 5.69. The Morgan fingerprint density at radius 2 is 1.84 bits per heavy atom. The number of benzene rings is 1. The Bertz CT molecular complexity index is 1280. The van der Waals surface area contributed by atoms with Gasteiger partial charge in [0.1, 0.15) is 11.6 Å². The van der Waals surface area contributed by atoms with Crippen molar-refractivity contribution in [3.05, 3.63) is 51.7 Å². The summed E-state index contributed by atoms with van der Waals surface area (Å²) in [4.78, 5) is 24.4. The second-order valence-corrected chi connectivity index (χ2v) is 9.22. The summed E-state index contributed by atoms with van der Waals surface area (Å²) in [5.74, 6) is -0.381. The highest BCUT2D eigenvalue weighted by molar-refractivity contribution is 7.91. The van der Waals surface area contributed by atoms with E-state index in [4.69, 9.17) is 11.6 Å². The average Bonchev–Trinajstić information content (AvgIpc) is 2.71. The maximum Gasteiger partial charge on any atom is 0.409 e. The molecule has 31 heavy (non-hydrogen) atoms. The monoisotopic (exact) mass is 475 g/mol. The zero-order valence-corrected chi connectivity index (χ0v) is 17.9. The van der Waals surface area contributed by atoms with Crippen molar-refractivity contribution in [1.29, 1.82) is 0 Å². The number of halogens is 4. The van der Waals surface area contributed by atoms with E-state index in [1.165, 1.54) is 31.2 Å². The van der Waals surface area contributed by atoms with Gasteiger partial charge in [0.15, 0.2) is 21.3 Å². The van der Waals surface area contributed by atoms with Gasteiger partial charge in [-0.05, 0) is 36.2 Å². The molecule has 3 aromatic rings. The van der Waals surface area contributed by atoms with Crippen LogP contribution in [0.25, 0.3) is 11.2 Å². The lowest BCUT2D eigenvalue weighted by molar-refractivity contribution is -0.162. The standard InChI is InChI=1S/C18H17ClF3N5O3S/c1-3-31(29,30)12-6-4-11(5-7-12)8-23-14-16(28)27(10(2)18(20,21)22)15-13(25-14)9-24-17(19)26-15/h4-7,9-10H,3,8H2,1-2H3,(H,23,25)/t10-/m0/s1. The number of nitrogens with one attached hydrogen (secondary N) is 1. The number of hydrogen-bond acceptors (Lipinski definition) is 7. The van der Waals surface area contributed by atoms with Crippen molar-refractivity contribution in [3.63, 3.8) is 0 Å². The molecule has 1 atom stereocenters. The quantitative estimate of drug-likeness (QED) is 0.545. The van der Waals surface area contributed by atoms with Gasteiger partial charge in [0, 0.05) is 6.54 Å². The third kappa shape index (κ3) is 4.79. The summed E-state index contributed by atoms with van der Waals surface area (Å²) in [5.41, 5.74) is -0.821. The highest BCUT2D eigenvalue weighted by atomic mass is 35.5. The molecular weight excluding hydrogens is 459 g/mol. The van der Waals surface area contributed by atoms with E-state index in [0.29, 0.717) is 10.1 Å². The number of hydrogen-bond donors (Lipinski definition) is 1. The minimum Gasteiger partial charge on any atom is -0.361 e. The van der Waals surface area contributed by atoms with Gasteiger partial charge in [0.2, 0.25) is 5.28 Å². The van der Waals surface area contributed by atoms with Crippen molar-refractivity contribution in [2.45, 2.75) is 37.5 Å². The Morgan fingerprint density at radius 1 is 1.19 bits per heavy atom. The smallest absolute Gasteiger partial charge is 0.361 e. The molecule has 1 N–H and O–H groups in total. The first-order valence-electron chi connectivity index (χ1n) is 9.01. The van der Waals surface area contributed by atoms with E-state index in [2.05, 4.69) is 20.3 Å². The van der Waals surface area contributed by atoms with Gasteiger partial charge in [0.05, 0.1) is 16.8 Å². The largest absolute Gasteiger partial charge is 0.409 e. The number of nitrogens with zero attached hydrogens (tertiary/aromatic N) is 4. The number of rotatable bonds is 6. The molecule has 0 unspecified atom stereocenters. The van der Waals surface area contributed by atoms with Gasteiger partial charge in [-0.3, -0.25) is 9.36 Å². The molecule has 13 heteroatoms. The second kappa shape index (κ2) is 8.42. The van der Waals surface area contributed by atoms with Crippen LogP contribution in [0, 0.1) is 0 Å². The molecule has 0 radical (unpaired) electrons. The molecule has 0 aliphatic heterocycles. The lowest BCUT2D eigenvalue weighted by Gasteiger charge is -2.20. The van der Waals surface area contributed by atoms with Crippen LogP contribution in [-0.2, 0) is 16.4 Å². The van der Waals surface area contributed by atoms with Crippen molar-refractivity contribution in [1.82, 2.24) is 19.5 Å². The maximum absolute atomic E-state index is 13.4. The van der Waals surface area contributed by atoms with Crippen molar-refractivity contribution in [3.8, 4) is 0 Å². The topological polar surface area (TPSA) is 107 Å². The fourth-order valence-electron chi connectivity index (χ4n) is 2.77. The van der Waals surface area contributed by atoms with Crippen LogP contribution in [0.5, 0.6) is 0 Å². The fourth-order valence-corrected chi connectivity index (χ4v) is 3.78. The molecule has 0 aliphatic carbocycles. The number of fused-ring (bicyclic) bond motifs is 1. The first-order valence-corrected chi connectivity index (χ1v) is 11.0. The first kappa shape index (κ1) is 22.9. The van der Waals surface area contributed by atoms with E-state index >= 15 is 0 Å². The van der Waals surface area contributed by atoms with E-state index in [-0.39, 0.29) is 39.5 Å². The van der Waals surface area contributed by atoms with Crippen LogP contribution in [0.15, 0.2) is 40.2 Å². The number of alkyl halides is 3. The molecule has 3 rings (SSSR count). The Hall–Kier alpha value is -2.73. The van der Waals surface area contributed by atoms with E-state index in [1.807, 2.05) is 0 Å². The predicted octanol–water partition coefficient (Wildman–Crippen LogP) is 3.37. The first-order chi connectivity index (χ1) is 14.4. The highest BCUT2D eigenvalue weighted by Crippen LogP contribution is 2.31. The molecule has 166 valence electrons. The van der Waals surface area contributed by atoms with E-state index in [1.54, 1.807) is 0 Å². The van der Waals surface area contributed by atoms with E-state index < -0.39 is 27.6 Å². The van der Waals surface area contributed by atoms with Crippen LogP contribution in [0.1, 0.15) is 25.5 Å². The summed E-state index contributed by atoms with van der Waals surface area (Å²) in [6.07, 6.45) is -3.59. The van der Waals surface area contributed by atoms with Gasteiger partial charge in [-0.2, -0.15) is 18.2 Å². The molecule has 2 heterocycles. The molecule has 8 nitrogen and oxygen atoms in total. The lowest BCUT2D eigenvalue weighted by Crippen LogP contribution is -2.35. The normalized spacial score (nSPS) is 13.4. The molecule has 1 aromatic carbocycles. The van der Waals surface area contributed by atoms with Crippen molar-refractivity contribution in [2.24, 2.45) is 0 Å². The molecule has 0 bridgehead atoms. The summed E-state index contributed by atoms with van der Waals surface area (Å²) in [6.45, 7) is 2.38. The average molecular weight is 476 g/mol. The van der Waals surface area contributed by atoms with Gasteiger partial charge in [-0.25, -0.2) is 18.4 Å². The Morgan fingerprint density at radius 3 is 2.42 bits per heavy atom. The molecule has 0 fully saturated rings. The van der Waals surface area contributed by atoms with Crippen LogP contribution in [0.4, 0.5) is 19.0 Å².